The summed E-state index contributed by atoms with van der Waals surface area (Å²) in [4.78, 5) is 20.8. The Hall–Kier alpha value is -1.76. The molecular weight excluding hydrogens is 310 g/mol. The molecule has 2 saturated carbocycles. The van der Waals surface area contributed by atoms with Crippen molar-refractivity contribution in [1.82, 2.24) is 25.5 Å². The van der Waals surface area contributed by atoms with Crippen LogP contribution in [0.3, 0.4) is 0 Å². The summed E-state index contributed by atoms with van der Waals surface area (Å²) in [6.45, 7) is 2.16. The summed E-state index contributed by atoms with van der Waals surface area (Å²) in [5.41, 5.74) is 0.791. The lowest BCUT2D eigenvalue weighted by Crippen LogP contribution is -2.40. The highest BCUT2D eigenvalue weighted by molar-refractivity contribution is 7.13. The molecule has 122 valence electrons. The number of hydrogen-bond donors (Lipinski definition) is 2. The van der Waals surface area contributed by atoms with Gasteiger partial charge in [-0.05, 0) is 43.9 Å². The zero-order chi connectivity index (χ0) is 15.8. The van der Waals surface area contributed by atoms with Gasteiger partial charge in [-0.3, -0.25) is 9.89 Å². The van der Waals surface area contributed by atoms with Gasteiger partial charge in [0.25, 0.3) is 0 Å². The maximum Gasteiger partial charge on any atom is 0.226 e. The molecule has 2 bridgehead atoms. The average molecular weight is 331 g/mol. The molecular formula is C16H21N5OS. The summed E-state index contributed by atoms with van der Waals surface area (Å²) >= 11 is 1.48. The maximum absolute atomic E-state index is 12.3. The van der Waals surface area contributed by atoms with Gasteiger partial charge < -0.3 is 5.32 Å². The zero-order valence-corrected chi connectivity index (χ0v) is 14.0. The average Bonchev–Trinajstić information content (AvgIpc) is 3.30. The Morgan fingerprint density at radius 1 is 1.48 bits per heavy atom. The number of thiazole rings is 1. The Morgan fingerprint density at radius 2 is 2.39 bits per heavy atom. The molecule has 2 aromatic rings. The van der Waals surface area contributed by atoms with Crippen molar-refractivity contribution >= 4 is 17.2 Å². The van der Waals surface area contributed by atoms with E-state index in [0.717, 1.165) is 22.5 Å². The van der Waals surface area contributed by atoms with Gasteiger partial charge in [0.2, 0.25) is 5.91 Å². The van der Waals surface area contributed by atoms with Crippen LogP contribution in [0.2, 0.25) is 0 Å². The van der Waals surface area contributed by atoms with E-state index in [1.807, 2.05) is 5.38 Å². The second-order valence-corrected chi connectivity index (χ2v) is 7.71. The van der Waals surface area contributed by atoms with Crippen molar-refractivity contribution in [3.63, 3.8) is 0 Å². The highest BCUT2D eigenvalue weighted by Gasteiger charge is 2.42. The van der Waals surface area contributed by atoms with E-state index >= 15 is 0 Å². The van der Waals surface area contributed by atoms with E-state index in [0.29, 0.717) is 18.2 Å². The van der Waals surface area contributed by atoms with Crippen molar-refractivity contribution in [3.8, 4) is 10.8 Å². The molecule has 0 radical (unpaired) electrons. The highest BCUT2D eigenvalue weighted by Crippen LogP contribution is 2.49. The summed E-state index contributed by atoms with van der Waals surface area (Å²) in [5, 5.41) is 12.5. The first kappa shape index (κ1) is 14.8. The maximum atomic E-state index is 12.3. The molecule has 1 amide bonds. The lowest BCUT2D eigenvalue weighted by Gasteiger charge is -2.28. The smallest absolute Gasteiger partial charge is 0.226 e. The summed E-state index contributed by atoms with van der Waals surface area (Å²) in [6, 6.07) is 0.269. The van der Waals surface area contributed by atoms with Gasteiger partial charge in [-0.2, -0.15) is 5.10 Å². The van der Waals surface area contributed by atoms with Gasteiger partial charge >= 0.3 is 0 Å². The fraction of sp³-hybridized carbons (Fsp3) is 0.625. The van der Waals surface area contributed by atoms with Crippen molar-refractivity contribution in [3.05, 3.63) is 17.4 Å². The molecule has 2 heterocycles. The lowest BCUT2D eigenvalue weighted by atomic mass is 9.84. The van der Waals surface area contributed by atoms with Crippen LogP contribution in [-0.2, 0) is 11.2 Å². The molecule has 7 heteroatoms. The first-order valence-electron chi connectivity index (χ1n) is 8.28. The molecule has 6 nitrogen and oxygen atoms in total. The standard InChI is InChI=1S/C16H21N5OS/c1-9(13-5-10-2-3-11(13)4-10)19-14(22)6-12-7-23-16(20-12)15-17-8-18-21-15/h7-11,13H,2-6H2,1H3,(H,19,22)(H,17,18,21)/t9-,10+,11+,13-/m1/s1. The van der Waals surface area contributed by atoms with Gasteiger partial charge in [0.1, 0.15) is 6.33 Å². The summed E-state index contributed by atoms with van der Waals surface area (Å²) in [7, 11) is 0. The predicted octanol–water partition coefficient (Wildman–Crippen LogP) is 2.41. The minimum atomic E-state index is 0.0645. The van der Waals surface area contributed by atoms with E-state index < -0.39 is 0 Å². The van der Waals surface area contributed by atoms with E-state index in [-0.39, 0.29) is 11.9 Å². The number of hydrogen-bond acceptors (Lipinski definition) is 5. The van der Waals surface area contributed by atoms with Crippen LogP contribution < -0.4 is 5.32 Å². The molecule has 4 atom stereocenters. The van der Waals surface area contributed by atoms with Crippen LogP contribution in [0.1, 0.15) is 38.3 Å². The molecule has 0 unspecified atom stereocenters. The highest BCUT2D eigenvalue weighted by atomic mass is 32.1. The third-order valence-corrected chi connectivity index (χ3v) is 6.23. The molecule has 2 aromatic heterocycles. The van der Waals surface area contributed by atoms with E-state index in [2.05, 4.69) is 32.4 Å². The SMILES string of the molecule is C[C@@H](NC(=O)Cc1csc(-c2ncn[nH]2)n1)[C@H]1C[C@H]2CC[C@H]1C2. The van der Waals surface area contributed by atoms with Crippen LogP contribution in [-0.4, -0.2) is 32.1 Å². The normalized spacial score (nSPS) is 27.3. The van der Waals surface area contributed by atoms with E-state index in [1.165, 1.54) is 43.3 Å². The number of aromatic amines is 1. The van der Waals surface area contributed by atoms with Crippen molar-refractivity contribution in [2.45, 2.75) is 45.1 Å². The Morgan fingerprint density at radius 3 is 3.09 bits per heavy atom. The van der Waals surface area contributed by atoms with Gasteiger partial charge in [0.15, 0.2) is 10.8 Å². The fourth-order valence-corrected chi connectivity index (χ4v) is 5.05. The summed E-state index contributed by atoms with van der Waals surface area (Å²) in [5.74, 6) is 3.12. The van der Waals surface area contributed by atoms with Crippen LogP contribution >= 0.6 is 11.3 Å². The number of nitrogens with zero attached hydrogens (tertiary/aromatic N) is 3. The molecule has 4 rings (SSSR count). The first-order chi connectivity index (χ1) is 11.2. The monoisotopic (exact) mass is 331 g/mol. The molecule has 2 N–H and O–H groups in total. The molecule has 2 aliphatic rings. The van der Waals surface area contributed by atoms with Crippen LogP contribution in [0.5, 0.6) is 0 Å². The minimum Gasteiger partial charge on any atom is -0.353 e. The van der Waals surface area contributed by atoms with Crippen LogP contribution in [0.4, 0.5) is 0 Å². The Balaban J connectivity index is 1.33. The van der Waals surface area contributed by atoms with Gasteiger partial charge in [-0.15, -0.1) is 11.3 Å². The molecule has 0 aromatic carbocycles. The minimum absolute atomic E-state index is 0.0645. The predicted molar refractivity (Wildman–Crippen MR) is 87.7 cm³/mol. The van der Waals surface area contributed by atoms with Crippen molar-refractivity contribution < 1.29 is 4.79 Å². The third kappa shape index (κ3) is 3.02. The largest absolute Gasteiger partial charge is 0.353 e. The van der Waals surface area contributed by atoms with Crippen LogP contribution in [0.25, 0.3) is 10.8 Å². The summed E-state index contributed by atoms with van der Waals surface area (Å²) in [6.07, 6.45) is 7.19. The Bertz CT molecular complexity index is 682. The number of fused-ring (bicyclic) bond motifs is 2. The molecule has 0 spiro atoms. The number of H-pyrrole nitrogens is 1. The quantitative estimate of drug-likeness (QED) is 0.881. The number of aromatic nitrogens is 4. The van der Waals surface area contributed by atoms with Crippen LogP contribution in [0.15, 0.2) is 11.7 Å². The van der Waals surface area contributed by atoms with Gasteiger partial charge in [-0.1, -0.05) is 6.42 Å². The lowest BCUT2D eigenvalue weighted by molar-refractivity contribution is -0.121. The number of carbonyl (C=O) groups excluding carboxylic acids is 1. The number of nitrogens with one attached hydrogen (secondary N) is 2. The number of amides is 1. The van der Waals surface area contributed by atoms with Gasteiger partial charge in [0, 0.05) is 11.4 Å². The number of carbonyl (C=O) groups is 1. The first-order valence-corrected chi connectivity index (χ1v) is 9.16. The van der Waals surface area contributed by atoms with Crippen molar-refractivity contribution in [2.24, 2.45) is 17.8 Å². The van der Waals surface area contributed by atoms with Crippen molar-refractivity contribution in [2.75, 3.05) is 0 Å². The molecule has 0 aliphatic heterocycles. The third-order valence-electron chi connectivity index (χ3n) is 5.33. The van der Waals surface area contributed by atoms with E-state index in [1.54, 1.807) is 0 Å². The molecule has 0 saturated heterocycles. The van der Waals surface area contributed by atoms with Gasteiger partial charge in [-0.25, -0.2) is 9.97 Å². The summed E-state index contributed by atoms with van der Waals surface area (Å²) < 4.78 is 0. The van der Waals surface area contributed by atoms with Crippen molar-refractivity contribution in [1.29, 1.82) is 0 Å². The molecule has 23 heavy (non-hydrogen) atoms. The zero-order valence-electron chi connectivity index (χ0n) is 13.2. The topological polar surface area (TPSA) is 83.6 Å². The van der Waals surface area contributed by atoms with Crippen LogP contribution in [0, 0.1) is 17.8 Å². The Labute approximate surface area is 139 Å². The van der Waals surface area contributed by atoms with E-state index in [9.17, 15) is 4.79 Å². The Kier molecular flexibility index (Phi) is 3.88. The van der Waals surface area contributed by atoms with Gasteiger partial charge in [0.05, 0.1) is 12.1 Å². The molecule has 2 fully saturated rings. The second-order valence-electron chi connectivity index (χ2n) is 6.85. The second kappa shape index (κ2) is 6.03. The fourth-order valence-electron chi connectivity index (χ4n) is 4.29. The molecule has 2 aliphatic carbocycles. The number of rotatable bonds is 5. The van der Waals surface area contributed by atoms with E-state index in [4.69, 9.17) is 0 Å².